The molecule has 1 fully saturated rings. The van der Waals surface area contributed by atoms with Gasteiger partial charge in [0.05, 0.1) is 6.33 Å². The molecule has 1 aliphatic rings. The Kier molecular flexibility index (Phi) is 5.47. The summed E-state index contributed by atoms with van der Waals surface area (Å²) in [5, 5.41) is 5.35. The third kappa shape index (κ3) is 4.20. The molecule has 6 nitrogen and oxygen atoms in total. The molecule has 0 aliphatic carbocycles. The molecule has 23 heavy (non-hydrogen) atoms. The number of nitrogens with one attached hydrogen (secondary N) is 1. The molecule has 1 aliphatic heterocycles. The lowest BCUT2D eigenvalue weighted by Gasteiger charge is -2.31. The molecule has 2 aromatic heterocycles. The first-order valence-electron chi connectivity index (χ1n) is 7.89. The van der Waals surface area contributed by atoms with E-state index < -0.39 is 10.0 Å². The number of hydrogen-bond donors (Lipinski definition) is 1. The van der Waals surface area contributed by atoms with E-state index in [4.69, 9.17) is 0 Å². The molecule has 0 radical (unpaired) electrons. The molecule has 1 N–H and O–H groups in total. The smallest absolute Gasteiger partial charge is 0.252 e. The van der Waals surface area contributed by atoms with Crippen molar-refractivity contribution in [3.05, 3.63) is 36.2 Å². The Balaban J connectivity index is 1.40. The molecular formula is C15H22N4O2S2. The molecule has 0 saturated carbocycles. The highest BCUT2D eigenvalue weighted by atomic mass is 32.2. The van der Waals surface area contributed by atoms with E-state index in [0.29, 0.717) is 23.3 Å². The maximum absolute atomic E-state index is 12.5. The van der Waals surface area contributed by atoms with Gasteiger partial charge in [-0.25, -0.2) is 13.4 Å². The van der Waals surface area contributed by atoms with Gasteiger partial charge in [-0.3, -0.25) is 0 Å². The van der Waals surface area contributed by atoms with Crippen LogP contribution in [0, 0.1) is 0 Å². The van der Waals surface area contributed by atoms with E-state index in [0.717, 1.165) is 32.4 Å². The molecule has 3 heterocycles. The first-order chi connectivity index (χ1) is 11.2. The van der Waals surface area contributed by atoms with Crippen LogP contribution in [-0.4, -0.2) is 48.0 Å². The van der Waals surface area contributed by atoms with Gasteiger partial charge in [0.2, 0.25) is 0 Å². The van der Waals surface area contributed by atoms with Crippen LogP contribution in [0.15, 0.2) is 40.4 Å². The lowest BCUT2D eigenvalue weighted by Crippen LogP contribution is -2.45. The van der Waals surface area contributed by atoms with Gasteiger partial charge in [-0.2, -0.15) is 4.31 Å². The van der Waals surface area contributed by atoms with Gasteiger partial charge in [-0.1, -0.05) is 6.07 Å². The van der Waals surface area contributed by atoms with E-state index in [2.05, 4.69) is 14.9 Å². The highest BCUT2D eigenvalue weighted by molar-refractivity contribution is 7.91. The van der Waals surface area contributed by atoms with Gasteiger partial charge in [0.15, 0.2) is 0 Å². The number of piperidine rings is 1. The first-order valence-corrected chi connectivity index (χ1v) is 10.2. The molecule has 0 atom stereocenters. The second-order valence-corrected chi connectivity index (χ2v) is 8.83. The van der Waals surface area contributed by atoms with Crippen LogP contribution in [0.2, 0.25) is 0 Å². The third-order valence-electron chi connectivity index (χ3n) is 4.13. The average Bonchev–Trinajstić information content (AvgIpc) is 3.25. The van der Waals surface area contributed by atoms with Crippen molar-refractivity contribution in [1.29, 1.82) is 0 Å². The summed E-state index contributed by atoms with van der Waals surface area (Å²) in [5.41, 5.74) is 0. The van der Waals surface area contributed by atoms with E-state index in [1.807, 2.05) is 17.9 Å². The van der Waals surface area contributed by atoms with Crippen molar-refractivity contribution < 1.29 is 8.42 Å². The van der Waals surface area contributed by atoms with Crippen molar-refractivity contribution in [2.45, 2.75) is 36.1 Å². The van der Waals surface area contributed by atoms with Crippen molar-refractivity contribution in [1.82, 2.24) is 19.2 Å². The largest absolute Gasteiger partial charge is 0.337 e. The van der Waals surface area contributed by atoms with Crippen molar-refractivity contribution in [3.8, 4) is 0 Å². The molecule has 0 amide bonds. The number of sulfonamides is 1. The Morgan fingerprint density at radius 2 is 2.17 bits per heavy atom. The summed E-state index contributed by atoms with van der Waals surface area (Å²) in [4.78, 5) is 4.02. The number of rotatable bonds is 7. The number of nitrogens with zero attached hydrogens (tertiary/aromatic N) is 3. The summed E-state index contributed by atoms with van der Waals surface area (Å²) in [5.74, 6) is 0. The van der Waals surface area contributed by atoms with Gasteiger partial charge in [-0.15, -0.1) is 11.3 Å². The number of thiophene rings is 1. The maximum Gasteiger partial charge on any atom is 0.252 e. The zero-order valence-corrected chi connectivity index (χ0v) is 14.6. The van der Waals surface area contributed by atoms with Gasteiger partial charge in [0.1, 0.15) is 4.21 Å². The number of aromatic nitrogens is 2. The van der Waals surface area contributed by atoms with Crippen LogP contribution in [0.5, 0.6) is 0 Å². The van der Waals surface area contributed by atoms with Crippen molar-refractivity contribution in [2.24, 2.45) is 0 Å². The summed E-state index contributed by atoms with van der Waals surface area (Å²) in [6, 6.07) is 3.87. The van der Waals surface area contributed by atoms with Gasteiger partial charge >= 0.3 is 0 Å². The van der Waals surface area contributed by atoms with Crippen molar-refractivity contribution in [3.63, 3.8) is 0 Å². The molecule has 8 heteroatoms. The predicted molar refractivity (Wildman–Crippen MR) is 90.9 cm³/mol. The van der Waals surface area contributed by atoms with Crippen LogP contribution in [0.4, 0.5) is 0 Å². The zero-order valence-electron chi connectivity index (χ0n) is 13.0. The van der Waals surface area contributed by atoms with Gasteiger partial charge in [0.25, 0.3) is 10.0 Å². The van der Waals surface area contributed by atoms with Crippen LogP contribution < -0.4 is 5.32 Å². The highest BCUT2D eigenvalue weighted by Gasteiger charge is 2.29. The van der Waals surface area contributed by atoms with Crippen molar-refractivity contribution >= 4 is 21.4 Å². The van der Waals surface area contributed by atoms with E-state index in [1.165, 1.54) is 11.3 Å². The Bertz CT molecular complexity index is 675. The average molecular weight is 355 g/mol. The highest BCUT2D eigenvalue weighted by Crippen LogP contribution is 2.24. The summed E-state index contributed by atoms with van der Waals surface area (Å²) >= 11 is 1.29. The number of hydrogen-bond acceptors (Lipinski definition) is 5. The predicted octanol–water partition coefficient (Wildman–Crippen LogP) is 1.78. The minimum Gasteiger partial charge on any atom is -0.337 e. The summed E-state index contributed by atoms with van der Waals surface area (Å²) in [6.45, 7) is 3.10. The van der Waals surface area contributed by atoms with Gasteiger partial charge in [-0.05, 0) is 37.3 Å². The molecule has 0 aromatic carbocycles. The molecule has 3 rings (SSSR count). The van der Waals surface area contributed by atoms with Crippen LogP contribution >= 0.6 is 11.3 Å². The maximum atomic E-state index is 12.5. The standard InChI is InChI=1S/C15H22N4O2S2/c20-23(21,15-3-1-12-22-15)19-9-4-14(5-10-19)17-6-2-8-18-11-7-16-13-18/h1,3,7,11-14,17H,2,4-6,8-10H2. The molecule has 0 bridgehead atoms. The fourth-order valence-electron chi connectivity index (χ4n) is 2.82. The second-order valence-electron chi connectivity index (χ2n) is 5.72. The van der Waals surface area contributed by atoms with E-state index >= 15 is 0 Å². The van der Waals surface area contributed by atoms with Gasteiger partial charge < -0.3 is 9.88 Å². The van der Waals surface area contributed by atoms with E-state index in [9.17, 15) is 8.42 Å². The van der Waals surface area contributed by atoms with E-state index in [-0.39, 0.29) is 0 Å². The fourth-order valence-corrected chi connectivity index (χ4v) is 5.44. The van der Waals surface area contributed by atoms with Crippen LogP contribution in [0.25, 0.3) is 0 Å². The fraction of sp³-hybridized carbons (Fsp3) is 0.533. The SMILES string of the molecule is O=S(=O)(c1cccs1)N1CCC(NCCCn2ccnc2)CC1. The molecule has 2 aromatic rings. The minimum atomic E-state index is -3.28. The number of imidazole rings is 1. The summed E-state index contributed by atoms with van der Waals surface area (Å²) in [6.07, 6.45) is 8.37. The molecule has 126 valence electrons. The molecule has 0 unspecified atom stereocenters. The first kappa shape index (κ1) is 16.6. The lowest BCUT2D eigenvalue weighted by atomic mass is 10.1. The van der Waals surface area contributed by atoms with Gasteiger partial charge in [0, 0.05) is 38.1 Å². The molecular weight excluding hydrogens is 332 g/mol. The normalized spacial score (nSPS) is 17.6. The Hall–Kier alpha value is -1.22. The Morgan fingerprint density at radius 3 is 2.83 bits per heavy atom. The lowest BCUT2D eigenvalue weighted by molar-refractivity contribution is 0.288. The van der Waals surface area contributed by atoms with Crippen LogP contribution in [0.3, 0.4) is 0 Å². The van der Waals surface area contributed by atoms with Crippen LogP contribution in [0.1, 0.15) is 19.3 Å². The quantitative estimate of drug-likeness (QED) is 0.770. The third-order valence-corrected chi connectivity index (χ3v) is 7.40. The molecule has 0 spiro atoms. The minimum absolute atomic E-state index is 0.410. The van der Waals surface area contributed by atoms with Crippen molar-refractivity contribution in [2.75, 3.05) is 19.6 Å². The topological polar surface area (TPSA) is 67.2 Å². The summed E-state index contributed by atoms with van der Waals surface area (Å²) < 4.78 is 29.0. The van der Waals surface area contributed by atoms with E-state index in [1.54, 1.807) is 22.6 Å². The zero-order chi connectivity index (χ0) is 16.1. The summed E-state index contributed by atoms with van der Waals surface area (Å²) in [7, 11) is -3.28. The second kappa shape index (κ2) is 7.57. The molecule has 1 saturated heterocycles. The monoisotopic (exact) mass is 354 g/mol. The van der Waals surface area contributed by atoms with Crippen LogP contribution in [-0.2, 0) is 16.6 Å². The number of aryl methyl sites for hydroxylation is 1. The Labute approximate surface area is 141 Å². The Morgan fingerprint density at radius 1 is 1.35 bits per heavy atom.